The number of carbonyl (C=O) groups excluding carboxylic acids is 2. The van der Waals surface area contributed by atoms with Crippen molar-refractivity contribution in [3.8, 4) is 0 Å². The van der Waals surface area contributed by atoms with Crippen molar-refractivity contribution in [1.29, 1.82) is 0 Å². The number of benzene rings is 2. The molecule has 0 heterocycles. The van der Waals surface area contributed by atoms with E-state index < -0.39 is 6.04 Å². The molecule has 0 saturated heterocycles. The van der Waals surface area contributed by atoms with E-state index in [0.29, 0.717) is 17.7 Å². The van der Waals surface area contributed by atoms with Crippen molar-refractivity contribution in [1.82, 2.24) is 5.32 Å². The van der Waals surface area contributed by atoms with Gasteiger partial charge in [0.05, 0.1) is 6.04 Å². The van der Waals surface area contributed by atoms with E-state index >= 15 is 0 Å². The maximum absolute atomic E-state index is 12.2. The molecule has 1 atom stereocenters. The standard InChI is InChI=1S/C19H23N3O2/c1-13(2)21-18(23)15-8-10-16(11-9-15)22-19(24)17(20)12-14-6-4-3-5-7-14/h3-11,13,17H,12,20H2,1-2H3,(H,21,23)(H,22,24)/t17-/m0/s1. The van der Waals surface area contributed by atoms with Gasteiger partial charge in [-0.25, -0.2) is 0 Å². The van der Waals surface area contributed by atoms with Crippen LogP contribution >= 0.6 is 0 Å². The van der Waals surface area contributed by atoms with Gasteiger partial charge < -0.3 is 16.4 Å². The van der Waals surface area contributed by atoms with E-state index in [1.165, 1.54) is 0 Å². The first-order chi connectivity index (χ1) is 11.5. The van der Waals surface area contributed by atoms with Crippen molar-refractivity contribution < 1.29 is 9.59 Å². The monoisotopic (exact) mass is 325 g/mol. The molecule has 5 heteroatoms. The fourth-order valence-corrected chi connectivity index (χ4v) is 2.25. The number of amides is 2. The van der Waals surface area contributed by atoms with E-state index in [2.05, 4.69) is 10.6 Å². The predicted molar refractivity (Wildman–Crippen MR) is 95.8 cm³/mol. The van der Waals surface area contributed by atoms with E-state index in [4.69, 9.17) is 5.73 Å². The Hall–Kier alpha value is -2.66. The fourth-order valence-electron chi connectivity index (χ4n) is 2.25. The molecule has 0 aliphatic heterocycles. The molecule has 0 aromatic heterocycles. The number of rotatable bonds is 6. The topological polar surface area (TPSA) is 84.2 Å². The molecule has 0 fully saturated rings. The molecular formula is C19H23N3O2. The largest absolute Gasteiger partial charge is 0.350 e. The maximum atomic E-state index is 12.2. The first kappa shape index (κ1) is 17.7. The minimum absolute atomic E-state index is 0.0767. The summed E-state index contributed by atoms with van der Waals surface area (Å²) in [6.07, 6.45) is 0.474. The Kier molecular flexibility index (Phi) is 6.09. The molecule has 4 N–H and O–H groups in total. The lowest BCUT2D eigenvalue weighted by atomic mass is 10.1. The molecule has 0 aliphatic rings. The summed E-state index contributed by atoms with van der Waals surface area (Å²) in [6.45, 7) is 3.81. The average molecular weight is 325 g/mol. The Morgan fingerprint density at radius 3 is 2.21 bits per heavy atom. The van der Waals surface area contributed by atoms with E-state index in [1.807, 2.05) is 44.2 Å². The molecule has 0 aliphatic carbocycles. The van der Waals surface area contributed by atoms with E-state index in [0.717, 1.165) is 5.56 Å². The van der Waals surface area contributed by atoms with Gasteiger partial charge in [0.2, 0.25) is 5.91 Å². The van der Waals surface area contributed by atoms with E-state index in [9.17, 15) is 9.59 Å². The lowest BCUT2D eigenvalue weighted by Gasteiger charge is -2.13. The molecule has 0 bridgehead atoms. The van der Waals surface area contributed by atoms with Crippen molar-refractivity contribution in [3.05, 3.63) is 65.7 Å². The summed E-state index contributed by atoms with van der Waals surface area (Å²) >= 11 is 0. The second-order valence-electron chi connectivity index (χ2n) is 5.99. The number of hydrogen-bond acceptors (Lipinski definition) is 3. The molecule has 5 nitrogen and oxygen atoms in total. The average Bonchev–Trinajstić information content (AvgIpc) is 2.55. The van der Waals surface area contributed by atoms with Gasteiger partial charge in [0.25, 0.3) is 5.91 Å². The Labute approximate surface area is 142 Å². The van der Waals surface area contributed by atoms with Crippen LogP contribution in [-0.4, -0.2) is 23.9 Å². The summed E-state index contributed by atoms with van der Waals surface area (Å²) in [7, 11) is 0. The highest BCUT2D eigenvalue weighted by Gasteiger charge is 2.14. The van der Waals surface area contributed by atoms with Crippen molar-refractivity contribution in [2.45, 2.75) is 32.4 Å². The first-order valence-electron chi connectivity index (χ1n) is 7.97. The second-order valence-corrected chi connectivity index (χ2v) is 5.99. The third kappa shape index (κ3) is 5.21. The van der Waals surface area contributed by atoms with Crippen LogP contribution in [0.3, 0.4) is 0 Å². The zero-order valence-electron chi connectivity index (χ0n) is 14.0. The van der Waals surface area contributed by atoms with Crippen LogP contribution in [0.15, 0.2) is 54.6 Å². The lowest BCUT2D eigenvalue weighted by molar-refractivity contribution is -0.117. The summed E-state index contributed by atoms with van der Waals surface area (Å²) in [5, 5.41) is 5.59. The van der Waals surface area contributed by atoms with Gasteiger partial charge in [0.1, 0.15) is 0 Å². The van der Waals surface area contributed by atoms with Gasteiger partial charge in [0, 0.05) is 17.3 Å². The summed E-state index contributed by atoms with van der Waals surface area (Å²) in [5.74, 6) is -0.387. The van der Waals surface area contributed by atoms with Crippen LogP contribution < -0.4 is 16.4 Å². The van der Waals surface area contributed by atoms with Crippen molar-refractivity contribution in [2.75, 3.05) is 5.32 Å². The SMILES string of the molecule is CC(C)NC(=O)c1ccc(NC(=O)[C@@H](N)Cc2ccccc2)cc1. The Morgan fingerprint density at radius 1 is 1.00 bits per heavy atom. The molecule has 0 spiro atoms. The van der Waals surface area contributed by atoms with Gasteiger partial charge >= 0.3 is 0 Å². The van der Waals surface area contributed by atoms with Gasteiger partial charge in [-0.2, -0.15) is 0 Å². The number of anilines is 1. The molecule has 2 amide bonds. The number of hydrogen-bond donors (Lipinski definition) is 3. The molecular weight excluding hydrogens is 302 g/mol. The van der Waals surface area contributed by atoms with Crippen LogP contribution in [0.25, 0.3) is 0 Å². The Bertz CT molecular complexity index is 682. The van der Waals surface area contributed by atoms with Gasteiger partial charge in [-0.1, -0.05) is 30.3 Å². The Morgan fingerprint density at radius 2 is 1.62 bits per heavy atom. The zero-order chi connectivity index (χ0) is 17.5. The van der Waals surface area contributed by atoms with Crippen molar-refractivity contribution in [2.24, 2.45) is 5.73 Å². The minimum atomic E-state index is -0.628. The zero-order valence-corrected chi connectivity index (χ0v) is 14.0. The quantitative estimate of drug-likeness (QED) is 0.762. The molecule has 2 aromatic carbocycles. The van der Waals surface area contributed by atoms with Crippen LogP contribution in [0, 0.1) is 0 Å². The highest BCUT2D eigenvalue weighted by atomic mass is 16.2. The van der Waals surface area contributed by atoms with E-state index in [-0.39, 0.29) is 17.9 Å². The second kappa shape index (κ2) is 8.26. The smallest absolute Gasteiger partial charge is 0.251 e. The summed E-state index contributed by atoms with van der Waals surface area (Å²) in [6, 6.07) is 15.8. The van der Waals surface area contributed by atoms with Crippen molar-refractivity contribution >= 4 is 17.5 Å². The van der Waals surface area contributed by atoms with E-state index in [1.54, 1.807) is 24.3 Å². The van der Waals surface area contributed by atoms with Gasteiger partial charge in [-0.3, -0.25) is 9.59 Å². The minimum Gasteiger partial charge on any atom is -0.350 e. The normalized spacial score (nSPS) is 11.8. The molecule has 24 heavy (non-hydrogen) atoms. The summed E-state index contributed by atoms with van der Waals surface area (Å²) in [4.78, 5) is 24.0. The van der Waals surface area contributed by atoms with Gasteiger partial charge in [0.15, 0.2) is 0 Å². The van der Waals surface area contributed by atoms with Crippen LogP contribution in [0.5, 0.6) is 0 Å². The third-order valence-electron chi connectivity index (χ3n) is 3.47. The van der Waals surface area contributed by atoms with Gasteiger partial charge in [-0.15, -0.1) is 0 Å². The highest BCUT2D eigenvalue weighted by molar-refractivity contribution is 5.97. The first-order valence-corrected chi connectivity index (χ1v) is 7.97. The molecule has 0 radical (unpaired) electrons. The van der Waals surface area contributed by atoms with Crippen LogP contribution in [-0.2, 0) is 11.2 Å². The fraction of sp³-hybridized carbons (Fsp3) is 0.263. The highest BCUT2D eigenvalue weighted by Crippen LogP contribution is 2.11. The predicted octanol–water partition coefficient (Wildman–Crippen LogP) is 2.33. The molecule has 2 rings (SSSR count). The van der Waals surface area contributed by atoms with Crippen LogP contribution in [0.2, 0.25) is 0 Å². The van der Waals surface area contributed by atoms with Crippen LogP contribution in [0.1, 0.15) is 29.8 Å². The summed E-state index contributed by atoms with van der Waals surface area (Å²) in [5.41, 5.74) is 8.14. The van der Waals surface area contributed by atoms with Crippen molar-refractivity contribution in [3.63, 3.8) is 0 Å². The third-order valence-corrected chi connectivity index (χ3v) is 3.47. The molecule has 0 saturated carbocycles. The molecule has 126 valence electrons. The van der Waals surface area contributed by atoms with Crippen LogP contribution in [0.4, 0.5) is 5.69 Å². The number of nitrogens with one attached hydrogen (secondary N) is 2. The number of nitrogens with two attached hydrogens (primary N) is 1. The molecule has 0 unspecified atom stereocenters. The summed E-state index contributed by atoms with van der Waals surface area (Å²) < 4.78 is 0. The Balaban J connectivity index is 1.93. The maximum Gasteiger partial charge on any atom is 0.251 e. The van der Waals surface area contributed by atoms with Gasteiger partial charge in [-0.05, 0) is 50.1 Å². The molecule has 2 aromatic rings. The number of carbonyl (C=O) groups is 2. The lowest BCUT2D eigenvalue weighted by Crippen LogP contribution is -2.37.